The number of hydrogen-bond acceptors (Lipinski definition) is 3. The molecule has 0 bridgehead atoms. The maximum absolute atomic E-state index is 4.24. The first-order chi connectivity index (χ1) is 7.68. The summed E-state index contributed by atoms with van der Waals surface area (Å²) in [5.74, 6) is 0. The second kappa shape index (κ2) is 4.97. The molecule has 0 atom stereocenters. The molecule has 4 heteroatoms. The number of rotatable bonds is 3. The minimum absolute atomic E-state index is 0.832. The van der Waals surface area contributed by atoms with Crippen molar-refractivity contribution < 1.29 is 0 Å². The van der Waals surface area contributed by atoms with Gasteiger partial charge in [-0.3, -0.25) is 0 Å². The lowest BCUT2D eigenvalue weighted by Crippen LogP contribution is -2.00. The molecule has 0 saturated heterocycles. The van der Waals surface area contributed by atoms with Gasteiger partial charge in [0, 0.05) is 15.0 Å². The number of hydrogen-bond donors (Lipinski definition) is 1. The zero-order valence-electron chi connectivity index (χ0n) is 9.25. The van der Waals surface area contributed by atoms with Gasteiger partial charge in [-0.1, -0.05) is 12.1 Å². The average molecular weight is 297 g/mol. The molecule has 0 saturated carbocycles. The van der Waals surface area contributed by atoms with E-state index in [0.29, 0.717) is 0 Å². The second-order valence-electron chi connectivity index (χ2n) is 3.65. The van der Waals surface area contributed by atoms with Crippen molar-refractivity contribution in [2.75, 3.05) is 5.32 Å². The van der Waals surface area contributed by atoms with E-state index in [9.17, 15) is 0 Å². The molecule has 0 aliphatic heterocycles. The summed E-state index contributed by atoms with van der Waals surface area (Å²) >= 11 is 5.28. The molecule has 2 nitrogen and oxygen atoms in total. The standard InChI is InChI=1S/C12H13BrN2S/c1-8-4-3-5-10(12(8)13)14-6-11-9(2)15-7-16-11/h3-5,7,14H,6H2,1-2H3. The van der Waals surface area contributed by atoms with E-state index in [4.69, 9.17) is 0 Å². The fourth-order valence-corrected chi connectivity index (χ4v) is 2.58. The van der Waals surface area contributed by atoms with E-state index in [-0.39, 0.29) is 0 Å². The Kier molecular flexibility index (Phi) is 3.61. The van der Waals surface area contributed by atoms with Crippen LogP contribution in [-0.2, 0) is 6.54 Å². The molecule has 1 N–H and O–H groups in total. The van der Waals surface area contributed by atoms with Crippen molar-refractivity contribution in [3.8, 4) is 0 Å². The fraction of sp³-hybridized carbons (Fsp3) is 0.250. The van der Waals surface area contributed by atoms with E-state index in [0.717, 1.165) is 22.4 Å². The van der Waals surface area contributed by atoms with Crippen LogP contribution in [0.5, 0.6) is 0 Å². The van der Waals surface area contributed by atoms with E-state index < -0.39 is 0 Å². The maximum Gasteiger partial charge on any atom is 0.0798 e. The van der Waals surface area contributed by atoms with Crippen LogP contribution in [0, 0.1) is 13.8 Å². The normalized spacial score (nSPS) is 10.4. The first kappa shape index (κ1) is 11.6. The lowest BCUT2D eigenvalue weighted by Gasteiger charge is -2.09. The molecule has 0 aliphatic carbocycles. The summed E-state index contributed by atoms with van der Waals surface area (Å²) < 4.78 is 1.14. The quantitative estimate of drug-likeness (QED) is 0.921. The van der Waals surface area contributed by atoms with Crippen LogP contribution in [0.3, 0.4) is 0 Å². The summed E-state index contributed by atoms with van der Waals surface area (Å²) in [4.78, 5) is 5.52. The van der Waals surface area contributed by atoms with E-state index >= 15 is 0 Å². The van der Waals surface area contributed by atoms with Gasteiger partial charge >= 0.3 is 0 Å². The van der Waals surface area contributed by atoms with Gasteiger partial charge in [0.25, 0.3) is 0 Å². The smallest absolute Gasteiger partial charge is 0.0798 e. The Balaban J connectivity index is 2.11. The average Bonchev–Trinajstić information content (AvgIpc) is 2.67. The van der Waals surface area contributed by atoms with Gasteiger partial charge in [0.1, 0.15) is 0 Å². The molecular weight excluding hydrogens is 284 g/mol. The predicted molar refractivity (Wildman–Crippen MR) is 73.1 cm³/mol. The summed E-state index contributed by atoms with van der Waals surface area (Å²) in [7, 11) is 0. The Bertz CT molecular complexity index is 494. The van der Waals surface area contributed by atoms with Gasteiger partial charge in [0.05, 0.1) is 17.7 Å². The lowest BCUT2D eigenvalue weighted by molar-refractivity contribution is 1.12. The Morgan fingerprint density at radius 3 is 2.88 bits per heavy atom. The minimum atomic E-state index is 0.832. The Morgan fingerprint density at radius 1 is 1.38 bits per heavy atom. The highest BCUT2D eigenvalue weighted by Crippen LogP contribution is 2.26. The van der Waals surface area contributed by atoms with Gasteiger partial charge in [0.15, 0.2) is 0 Å². The first-order valence-electron chi connectivity index (χ1n) is 5.06. The number of halogens is 1. The molecule has 2 aromatic rings. The number of benzene rings is 1. The van der Waals surface area contributed by atoms with Crippen molar-refractivity contribution in [3.63, 3.8) is 0 Å². The van der Waals surface area contributed by atoms with E-state index in [1.54, 1.807) is 11.3 Å². The van der Waals surface area contributed by atoms with Crippen molar-refractivity contribution in [3.05, 3.63) is 44.3 Å². The van der Waals surface area contributed by atoms with Crippen LogP contribution in [0.25, 0.3) is 0 Å². The number of aromatic nitrogens is 1. The van der Waals surface area contributed by atoms with Gasteiger partial charge in [0.2, 0.25) is 0 Å². The summed E-state index contributed by atoms with van der Waals surface area (Å²) in [5, 5.41) is 3.42. The lowest BCUT2D eigenvalue weighted by atomic mass is 10.2. The maximum atomic E-state index is 4.24. The molecule has 2 rings (SSSR count). The molecule has 1 aromatic carbocycles. The van der Waals surface area contributed by atoms with E-state index in [2.05, 4.69) is 51.4 Å². The van der Waals surface area contributed by atoms with Gasteiger partial charge in [-0.05, 0) is 41.4 Å². The minimum Gasteiger partial charge on any atom is -0.379 e. The monoisotopic (exact) mass is 296 g/mol. The van der Waals surface area contributed by atoms with Crippen LogP contribution in [0.4, 0.5) is 5.69 Å². The SMILES string of the molecule is Cc1cccc(NCc2scnc2C)c1Br. The fourth-order valence-electron chi connectivity index (χ4n) is 1.46. The van der Waals surface area contributed by atoms with Gasteiger partial charge < -0.3 is 5.32 Å². The van der Waals surface area contributed by atoms with Crippen LogP contribution in [0.15, 0.2) is 28.2 Å². The van der Waals surface area contributed by atoms with Crippen molar-refractivity contribution in [2.45, 2.75) is 20.4 Å². The number of nitrogens with one attached hydrogen (secondary N) is 1. The molecule has 1 aromatic heterocycles. The summed E-state index contributed by atoms with van der Waals surface area (Å²) in [5.41, 5.74) is 5.37. The molecular formula is C12H13BrN2S. The molecule has 0 aliphatic rings. The molecule has 0 spiro atoms. The molecule has 1 heterocycles. The van der Waals surface area contributed by atoms with Crippen LogP contribution >= 0.6 is 27.3 Å². The zero-order valence-corrected chi connectivity index (χ0v) is 11.7. The van der Waals surface area contributed by atoms with Crippen LogP contribution < -0.4 is 5.32 Å². The van der Waals surface area contributed by atoms with Gasteiger partial charge in [-0.15, -0.1) is 11.3 Å². The van der Waals surface area contributed by atoms with Crippen molar-refractivity contribution in [2.24, 2.45) is 0 Å². The summed E-state index contributed by atoms with van der Waals surface area (Å²) in [6.45, 7) is 4.96. The largest absolute Gasteiger partial charge is 0.379 e. The third-order valence-corrected chi connectivity index (χ3v) is 4.46. The molecule has 0 fully saturated rings. The van der Waals surface area contributed by atoms with E-state index in [1.807, 2.05) is 12.4 Å². The molecule has 16 heavy (non-hydrogen) atoms. The second-order valence-corrected chi connectivity index (χ2v) is 5.38. The molecule has 0 radical (unpaired) electrons. The predicted octanol–water partition coefficient (Wildman–Crippen LogP) is 4.13. The Hall–Kier alpha value is -0.870. The molecule has 0 amide bonds. The number of thiazole rings is 1. The number of aryl methyl sites for hydroxylation is 2. The first-order valence-corrected chi connectivity index (χ1v) is 6.73. The van der Waals surface area contributed by atoms with Crippen LogP contribution in [0.2, 0.25) is 0 Å². The highest BCUT2D eigenvalue weighted by Gasteiger charge is 2.04. The zero-order chi connectivity index (χ0) is 11.5. The Morgan fingerprint density at radius 2 is 2.19 bits per heavy atom. The topological polar surface area (TPSA) is 24.9 Å². The third kappa shape index (κ3) is 2.44. The Labute approximate surface area is 108 Å². The van der Waals surface area contributed by atoms with E-state index in [1.165, 1.54) is 10.4 Å². The van der Waals surface area contributed by atoms with Gasteiger partial charge in [-0.25, -0.2) is 4.98 Å². The highest BCUT2D eigenvalue weighted by molar-refractivity contribution is 9.10. The summed E-state index contributed by atoms with van der Waals surface area (Å²) in [6.07, 6.45) is 0. The van der Waals surface area contributed by atoms with Gasteiger partial charge in [-0.2, -0.15) is 0 Å². The number of nitrogens with zero attached hydrogens (tertiary/aromatic N) is 1. The van der Waals surface area contributed by atoms with Crippen molar-refractivity contribution in [1.29, 1.82) is 0 Å². The molecule has 84 valence electrons. The van der Waals surface area contributed by atoms with Crippen LogP contribution in [0.1, 0.15) is 16.1 Å². The van der Waals surface area contributed by atoms with Crippen LogP contribution in [-0.4, -0.2) is 4.98 Å². The number of anilines is 1. The van der Waals surface area contributed by atoms with Crippen molar-refractivity contribution >= 4 is 33.0 Å². The van der Waals surface area contributed by atoms with Crippen molar-refractivity contribution in [1.82, 2.24) is 4.98 Å². The summed E-state index contributed by atoms with van der Waals surface area (Å²) in [6, 6.07) is 6.22. The molecule has 0 unspecified atom stereocenters. The third-order valence-electron chi connectivity index (χ3n) is 2.48. The highest BCUT2D eigenvalue weighted by atomic mass is 79.9.